The molecule has 0 saturated carbocycles. The Morgan fingerprint density at radius 1 is 1.36 bits per heavy atom. The number of amides is 1. The molecule has 0 aliphatic carbocycles. The summed E-state index contributed by atoms with van der Waals surface area (Å²) in [6, 6.07) is 9.44. The Morgan fingerprint density at radius 2 is 2.16 bits per heavy atom. The van der Waals surface area contributed by atoms with Crippen molar-refractivity contribution in [2.45, 2.75) is 24.7 Å². The fourth-order valence-electron chi connectivity index (χ4n) is 2.20. The normalized spacial score (nSPS) is 12.1. The Hall–Kier alpha value is -2.68. The zero-order valence-corrected chi connectivity index (χ0v) is 14.2. The monoisotopic (exact) mass is 361 g/mol. The highest BCUT2D eigenvalue weighted by molar-refractivity contribution is 7.99. The third-order valence-electron chi connectivity index (χ3n) is 3.46. The van der Waals surface area contributed by atoms with Crippen molar-refractivity contribution < 1.29 is 13.6 Å². The predicted octanol–water partition coefficient (Wildman–Crippen LogP) is 2.42. The number of furan rings is 1. The lowest BCUT2D eigenvalue weighted by Crippen LogP contribution is -2.28. The minimum absolute atomic E-state index is 0.158. The fraction of sp³-hybridized carbons (Fsp3) is 0.250. The number of carbonyl (C=O) groups is 1. The number of hydrogen-bond donors (Lipinski definition) is 1. The van der Waals surface area contributed by atoms with Crippen LogP contribution in [0.15, 0.2) is 52.2 Å². The van der Waals surface area contributed by atoms with Crippen LogP contribution in [0, 0.1) is 5.82 Å². The second kappa shape index (κ2) is 7.93. The van der Waals surface area contributed by atoms with Gasteiger partial charge in [0.15, 0.2) is 0 Å². The number of carbonyl (C=O) groups excluding carboxylic acids is 1. The van der Waals surface area contributed by atoms with Crippen molar-refractivity contribution in [3.8, 4) is 0 Å². The number of tetrazole rings is 1. The number of nitrogens with zero attached hydrogens (tertiary/aromatic N) is 4. The summed E-state index contributed by atoms with van der Waals surface area (Å²) in [7, 11) is 0. The molecule has 0 spiro atoms. The number of benzene rings is 1. The third-order valence-corrected chi connectivity index (χ3v) is 4.42. The summed E-state index contributed by atoms with van der Waals surface area (Å²) in [4.78, 5) is 12.1. The number of thioether (sulfide) groups is 1. The van der Waals surface area contributed by atoms with Gasteiger partial charge < -0.3 is 9.73 Å². The highest BCUT2D eigenvalue weighted by Crippen LogP contribution is 2.17. The molecule has 0 fully saturated rings. The Bertz CT molecular complexity index is 819. The summed E-state index contributed by atoms with van der Waals surface area (Å²) in [5.41, 5.74) is 0.836. The van der Waals surface area contributed by atoms with Crippen LogP contribution in [0.3, 0.4) is 0 Å². The Labute approximate surface area is 147 Å². The van der Waals surface area contributed by atoms with Crippen molar-refractivity contribution in [2.75, 3.05) is 5.75 Å². The van der Waals surface area contributed by atoms with Crippen molar-refractivity contribution in [2.24, 2.45) is 0 Å². The maximum absolute atomic E-state index is 12.9. The van der Waals surface area contributed by atoms with E-state index in [1.807, 2.05) is 13.0 Å². The average molecular weight is 361 g/mol. The second-order valence-corrected chi connectivity index (χ2v) is 6.27. The molecule has 1 amide bonds. The standard InChI is InChI=1S/C16H16FN5O2S/c1-11(12-4-6-13(17)7-5-12)18-15(23)10-25-16-19-20-21-22(16)9-14-3-2-8-24-14/h2-8,11H,9-10H2,1H3,(H,18,23). The Balaban J connectivity index is 1.52. The largest absolute Gasteiger partial charge is 0.467 e. The maximum Gasteiger partial charge on any atom is 0.230 e. The number of rotatable bonds is 7. The molecule has 1 unspecified atom stereocenters. The quantitative estimate of drug-likeness (QED) is 0.651. The minimum atomic E-state index is -0.304. The molecule has 3 aromatic rings. The second-order valence-electron chi connectivity index (χ2n) is 5.33. The van der Waals surface area contributed by atoms with Gasteiger partial charge in [0.25, 0.3) is 0 Å². The molecule has 2 aromatic heterocycles. The van der Waals surface area contributed by atoms with Gasteiger partial charge in [-0.25, -0.2) is 9.07 Å². The molecule has 1 atom stereocenters. The molecule has 2 heterocycles. The first kappa shape index (κ1) is 17.2. The fourth-order valence-corrected chi connectivity index (χ4v) is 2.89. The molecule has 7 nitrogen and oxygen atoms in total. The molecule has 3 rings (SSSR count). The molecule has 9 heteroatoms. The van der Waals surface area contributed by atoms with E-state index in [0.29, 0.717) is 11.7 Å². The summed E-state index contributed by atoms with van der Waals surface area (Å²) in [6.07, 6.45) is 1.58. The first-order valence-electron chi connectivity index (χ1n) is 7.58. The molecule has 0 saturated heterocycles. The van der Waals surface area contributed by atoms with E-state index in [1.54, 1.807) is 29.1 Å². The molecule has 0 radical (unpaired) electrons. The van der Waals surface area contributed by atoms with Crippen molar-refractivity contribution in [3.63, 3.8) is 0 Å². The van der Waals surface area contributed by atoms with Gasteiger partial charge in [-0.1, -0.05) is 23.9 Å². The van der Waals surface area contributed by atoms with Gasteiger partial charge >= 0.3 is 0 Å². The lowest BCUT2D eigenvalue weighted by atomic mass is 10.1. The maximum atomic E-state index is 12.9. The van der Waals surface area contributed by atoms with Crippen molar-refractivity contribution in [1.82, 2.24) is 25.5 Å². The van der Waals surface area contributed by atoms with E-state index in [2.05, 4.69) is 20.8 Å². The third kappa shape index (κ3) is 4.66. The van der Waals surface area contributed by atoms with Crippen LogP contribution in [0.5, 0.6) is 0 Å². The van der Waals surface area contributed by atoms with Gasteiger partial charge in [0.1, 0.15) is 18.1 Å². The SMILES string of the molecule is CC(NC(=O)CSc1nnnn1Cc1ccco1)c1ccc(F)cc1. The topological polar surface area (TPSA) is 85.8 Å². The average Bonchev–Trinajstić information content (AvgIpc) is 3.26. The summed E-state index contributed by atoms with van der Waals surface area (Å²) in [5, 5.41) is 14.8. The van der Waals surface area contributed by atoms with Gasteiger partial charge in [0, 0.05) is 0 Å². The zero-order chi connectivity index (χ0) is 17.6. The lowest BCUT2D eigenvalue weighted by Gasteiger charge is -2.14. The van der Waals surface area contributed by atoms with Crippen LogP contribution in [-0.4, -0.2) is 31.9 Å². The first-order chi connectivity index (χ1) is 12.1. The van der Waals surface area contributed by atoms with Crippen LogP contribution in [0.1, 0.15) is 24.3 Å². The molecule has 0 aliphatic heterocycles. The summed E-state index contributed by atoms with van der Waals surface area (Å²) in [6.45, 7) is 2.24. The van der Waals surface area contributed by atoms with Gasteiger partial charge in [-0.05, 0) is 47.2 Å². The minimum Gasteiger partial charge on any atom is -0.467 e. The molecular formula is C16H16FN5O2S. The summed E-state index contributed by atoms with van der Waals surface area (Å²) in [5.74, 6) is 0.434. The zero-order valence-electron chi connectivity index (χ0n) is 13.4. The van der Waals surface area contributed by atoms with Crippen molar-refractivity contribution in [1.29, 1.82) is 0 Å². The summed E-state index contributed by atoms with van der Waals surface area (Å²) >= 11 is 1.24. The van der Waals surface area contributed by atoms with Crippen LogP contribution >= 0.6 is 11.8 Å². The first-order valence-corrected chi connectivity index (χ1v) is 8.56. The van der Waals surface area contributed by atoms with E-state index in [4.69, 9.17) is 4.42 Å². The number of hydrogen-bond acceptors (Lipinski definition) is 6. The van der Waals surface area contributed by atoms with E-state index < -0.39 is 0 Å². The van der Waals surface area contributed by atoms with Crippen LogP contribution in [0.2, 0.25) is 0 Å². The Morgan fingerprint density at radius 3 is 2.88 bits per heavy atom. The van der Waals surface area contributed by atoms with E-state index in [-0.39, 0.29) is 23.5 Å². The van der Waals surface area contributed by atoms with Gasteiger partial charge in [-0.15, -0.1) is 5.10 Å². The summed E-state index contributed by atoms with van der Waals surface area (Å²) < 4.78 is 19.8. The van der Waals surface area contributed by atoms with Gasteiger partial charge in [0.2, 0.25) is 11.1 Å². The Kier molecular flexibility index (Phi) is 5.44. The molecule has 130 valence electrons. The van der Waals surface area contributed by atoms with E-state index in [0.717, 1.165) is 11.3 Å². The predicted molar refractivity (Wildman–Crippen MR) is 89.3 cm³/mol. The van der Waals surface area contributed by atoms with Gasteiger partial charge in [-0.3, -0.25) is 4.79 Å². The van der Waals surface area contributed by atoms with Crippen LogP contribution < -0.4 is 5.32 Å². The van der Waals surface area contributed by atoms with Gasteiger partial charge in [-0.2, -0.15) is 0 Å². The molecule has 0 bridgehead atoms. The molecular weight excluding hydrogens is 345 g/mol. The number of aromatic nitrogens is 4. The van der Waals surface area contributed by atoms with Crippen LogP contribution in [0.4, 0.5) is 4.39 Å². The molecule has 1 N–H and O–H groups in total. The molecule has 25 heavy (non-hydrogen) atoms. The van der Waals surface area contributed by atoms with Gasteiger partial charge in [0.05, 0.1) is 18.1 Å². The van der Waals surface area contributed by atoms with Crippen LogP contribution in [-0.2, 0) is 11.3 Å². The number of halogens is 1. The number of nitrogens with one attached hydrogen (secondary N) is 1. The van der Waals surface area contributed by atoms with E-state index in [9.17, 15) is 9.18 Å². The molecule has 1 aromatic carbocycles. The smallest absolute Gasteiger partial charge is 0.230 e. The van der Waals surface area contributed by atoms with E-state index in [1.165, 1.54) is 23.9 Å². The lowest BCUT2D eigenvalue weighted by molar-refractivity contribution is -0.119. The van der Waals surface area contributed by atoms with Crippen molar-refractivity contribution >= 4 is 17.7 Å². The van der Waals surface area contributed by atoms with Crippen molar-refractivity contribution in [3.05, 3.63) is 59.8 Å². The molecule has 0 aliphatic rings. The van der Waals surface area contributed by atoms with Crippen LogP contribution in [0.25, 0.3) is 0 Å². The van der Waals surface area contributed by atoms with E-state index >= 15 is 0 Å². The highest BCUT2D eigenvalue weighted by Gasteiger charge is 2.13. The highest BCUT2D eigenvalue weighted by atomic mass is 32.2.